The molecule has 0 radical (unpaired) electrons. The Morgan fingerprint density at radius 2 is 2.33 bits per heavy atom. The zero-order valence-corrected chi connectivity index (χ0v) is 9.92. The van der Waals surface area contributed by atoms with Crippen LogP contribution in [0.25, 0.3) is 0 Å². The molecule has 0 aliphatic carbocycles. The van der Waals surface area contributed by atoms with E-state index in [0.717, 1.165) is 25.9 Å². The van der Waals surface area contributed by atoms with Crippen molar-refractivity contribution in [3.63, 3.8) is 0 Å². The standard InChI is InChI=1S/C12H23NO2/c1-3-10(2)13-12(14)8-7-11-6-4-5-9-15-11/h10-11H,3-9H2,1-2H3,(H,13,14). The average Bonchev–Trinajstić information content (AvgIpc) is 2.27. The summed E-state index contributed by atoms with van der Waals surface area (Å²) >= 11 is 0. The number of hydrogen-bond donors (Lipinski definition) is 1. The van der Waals surface area contributed by atoms with Crippen molar-refractivity contribution >= 4 is 5.91 Å². The number of amides is 1. The predicted octanol–water partition coefficient (Wildman–Crippen LogP) is 2.25. The Morgan fingerprint density at radius 1 is 1.53 bits per heavy atom. The molecular formula is C12H23NO2. The van der Waals surface area contributed by atoms with Crippen molar-refractivity contribution < 1.29 is 9.53 Å². The normalized spacial score (nSPS) is 23.5. The summed E-state index contributed by atoms with van der Waals surface area (Å²) < 4.78 is 5.58. The molecule has 3 nitrogen and oxygen atoms in total. The SMILES string of the molecule is CCC(C)NC(=O)CCC1CCCCO1. The van der Waals surface area contributed by atoms with Crippen LogP contribution in [-0.4, -0.2) is 24.7 Å². The third kappa shape index (κ3) is 5.17. The maximum atomic E-state index is 11.5. The van der Waals surface area contributed by atoms with Gasteiger partial charge in [-0.1, -0.05) is 6.92 Å². The van der Waals surface area contributed by atoms with Gasteiger partial charge in [-0.2, -0.15) is 0 Å². The second kappa shape index (κ2) is 6.83. The van der Waals surface area contributed by atoms with E-state index >= 15 is 0 Å². The van der Waals surface area contributed by atoms with Gasteiger partial charge in [-0.3, -0.25) is 4.79 Å². The zero-order chi connectivity index (χ0) is 11.1. The lowest BCUT2D eigenvalue weighted by atomic mass is 10.0. The minimum absolute atomic E-state index is 0.165. The molecule has 1 aliphatic rings. The molecule has 15 heavy (non-hydrogen) atoms. The van der Waals surface area contributed by atoms with Gasteiger partial charge in [-0.25, -0.2) is 0 Å². The first-order valence-corrected chi connectivity index (χ1v) is 6.13. The van der Waals surface area contributed by atoms with Crippen LogP contribution >= 0.6 is 0 Å². The van der Waals surface area contributed by atoms with Crippen molar-refractivity contribution in [2.45, 2.75) is 64.5 Å². The molecule has 0 bridgehead atoms. The van der Waals surface area contributed by atoms with Crippen LogP contribution < -0.4 is 5.32 Å². The van der Waals surface area contributed by atoms with Gasteiger partial charge in [0.15, 0.2) is 0 Å². The highest BCUT2D eigenvalue weighted by Gasteiger charge is 2.15. The van der Waals surface area contributed by atoms with Gasteiger partial charge in [-0.15, -0.1) is 0 Å². The first-order valence-electron chi connectivity index (χ1n) is 6.13. The number of nitrogens with one attached hydrogen (secondary N) is 1. The predicted molar refractivity (Wildman–Crippen MR) is 60.7 cm³/mol. The van der Waals surface area contributed by atoms with Crippen molar-refractivity contribution in [1.29, 1.82) is 0 Å². The molecular weight excluding hydrogens is 190 g/mol. The van der Waals surface area contributed by atoms with Crippen LogP contribution in [-0.2, 0) is 9.53 Å². The first-order chi connectivity index (χ1) is 7.22. The van der Waals surface area contributed by atoms with Crippen molar-refractivity contribution in [1.82, 2.24) is 5.32 Å². The monoisotopic (exact) mass is 213 g/mol. The number of hydrogen-bond acceptors (Lipinski definition) is 2. The van der Waals surface area contributed by atoms with Crippen molar-refractivity contribution in [2.75, 3.05) is 6.61 Å². The Hall–Kier alpha value is -0.570. The molecule has 1 aliphatic heterocycles. The summed E-state index contributed by atoms with van der Waals surface area (Å²) in [5.41, 5.74) is 0. The largest absolute Gasteiger partial charge is 0.378 e. The maximum absolute atomic E-state index is 11.5. The Kier molecular flexibility index (Phi) is 5.69. The van der Waals surface area contributed by atoms with Crippen LogP contribution in [0.3, 0.4) is 0 Å². The topological polar surface area (TPSA) is 38.3 Å². The van der Waals surface area contributed by atoms with E-state index in [1.54, 1.807) is 0 Å². The molecule has 1 N–H and O–H groups in total. The summed E-state index contributed by atoms with van der Waals surface area (Å²) in [5.74, 6) is 0.165. The lowest BCUT2D eigenvalue weighted by Crippen LogP contribution is -2.32. The van der Waals surface area contributed by atoms with Crippen LogP contribution in [0.4, 0.5) is 0 Å². The van der Waals surface area contributed by atoms with Gasteiger partial charge in [0, 0.05) is 19.1 Å². The molecule has 1 rings (SSSR count). The average molecular weight is 213 g/mol. The molecule has 3 heteroatoms. The van der Waals surface area contributed by atoms with Crippen molar-refractivity contribution in [2.24, 2.45) is 0 Å². The van der Waals surface area contributed by atoms with E-state index in [2.05, 4.69) is 12.2 Å². The lowest BCUT2D eigenvalue weighted by molar-refractivity contribution is -0.122. The van der Waals surface area contributed by atoms with Gasteiger partial charge >= 0.3 is 0 Å². The summed E-state index contributed by atoms with van der Waals surface area (Å²) in [6, 6.07) is 0.296. The molecule has 0 spiro atoms. The van der Waals surface area contributed by atoms with Crippen molar-refractivity contribution in [3.05, 3.63) is 0 Å². The summed E-state index contributed by atoms with van der Waals surface area (Å²) in [6.45, 7) is 4.99. The van der Waals surface area contributed by atoms with E-state index in [4.69, 9.17) is 4.74 Å². The summed E-state index contributed by atoms with van der Waals surface area (Å²) in [7, 11) is 0. The highest BCUT2D eigenvalue weighted by atomic mass is 16.5. The van der Waals surface area contributed by atoms with Crippen LogP contribution in [0.15, 0.2) is 0 Å². The minimum Gasteiger partial charge on any atom is -0.378 e. The highest BCUT2D eigenvalue weighted by Crippen LogP contribution is 2.16. The molecule has 1 heterocycles. The van der Waals surface area contributed by atoms with Gasteiger partial charge in [0.05, 0.1) is 6.10 Å². The van der Waals surface area contributed by atoms with Crippen molar-refractivity contribution in [3.8, 4) is 0 Å². The van der Waals surface area contributed by atoms with Gasteiger partial charge in [0.2, 0.25) is 5.91 Å². The number of ether oxygens (including phenoxy) is 1. The minimum atomic E-state index is 0.165. The van der Waals surface area contributed by atoms with Crippen LogP contribution in [0.2, 0.25) is 0 Å². The lowest BCUT2D eigenvalue weighted by Gasteiger charge is -2.22. The molecule has 1 amide bonds. The van der Waals surface area contributed by atoms with Gasteiger partial charge < -0.3 is 10.1 Å². The molecule has 2 unspecified atom stereocenters. The highest BCUT2D eigenvalue weighted by molar-refractivity contribution is 5.76. The zero-order valence-electron chi connectivity index (χ0n) is 9.92. The van der Waals surface area contributed by atoms with Gasteiger partial charge in [-0.05, 0) is 39.0 Å². The smallest absolute Gasteiger partial charge is 0.220 e. The Morgan fingerprint density at radius 3 is 2.93 bits per heavy atom. The Bertz CT molecular complexity index is 188. The van der Waals surface area contributed by atoms with E-state index in [1.165, 1.54) is 12.8 Å². The summed E-state index contributed by atoms with van der Waals surface area (Å²) in [6.07, 6.45) is 6.34. The molecule has 0 aromatic rings. The van der Waals surface area contributed by atoms with Crippen LogP contribution in [0.1, 0.15) is 52.4 Å². The molecule has 0 aromatic carbocycles. The Balaban J connectivity index is 2.10. The number of carbonyl (C=O) groups excluding carboxylic acids is 1. The second-order valence-corrected chi connectivity index (χ2v) is 4.40. The van der Waals surface area contributed by atoms with E-state index in [-0.39, 0.29) is 5.91 Å². The number of rotatable bonds is 5. The van der Waals surface area contributed by atoms with E-state index in [0.29, 0.717) is 18.6 Å². The fourth-order valence-electron chi connectivity index (χ4n) is 1.78. The molecule has 0 saturated carbocycles. The van der Waals surface area contributed by atoms with Gasteiger partial charge in [0.25, 0.3) is 0 Å². The van der Waals surface area contributed by atoms with E-state index in [9.17, 15) is 4.79 Å². The van der Waals surface area contributed by atoms with Crippen LogP contribution in [0, 0.1) is 0 Å². The molecule has 1 fully saturated rings. The third-order valence-corrected chi connectivity index (χ3v) is 2.99. The van der Waals surface area contributed by atoms with E-state index < -0.39 is 0 Å². The van der Waals surface area contributed by atoms with E-state index in [1.807, 2.05) is 6.92 Å². The fourth-order valence-corrected chi connectivity index (χ4v) is 1.78. The molecule has 2 atom stereocenters. The first kappa shape index (κ1) is 12.5. The maximum Gasteiger partial charge on any atom is 0.220 e. The fraction of sp³-hybridized carbons (Fsp3) is 0.917. The molecule has 0 aromatic heterocycles. The number of carbonyl (C=O) groups is 1. The second-order valence-electron chi connectivity index (χ2n) is 4.40. The Labute approximate surface area is 92.6 Å². The summed E-state index contributed by atoms with van der Waals surface area (Å²) in [5, 5.41) is 2.97. The summed E-state index contributed by atoms with van der Waals surface area (Å²) in [4.78, 5) is 11.5. The third-order valence-electron chi connectivity index (χ3n) is 2.99. The van der Waals surface area contributed by atoms with Gasteiger partial charge in [0.1, 0.15) is 0 Å². The molecule has 1 saturated heterocycles. The quantitative estimate of drug-likeness (QED) is 0.760. The molecule has 88 valence electrons. The van der Waals surface area contributed by atoms with Crippen LogP contribution in [0.5, 0.6) is 0 Å².